The Morgan fingerprint density at radius 2 is 1.05 bits per heavy atom. The average molecular weight is 524 g/mol. The summed E-state index contributed by atoms with van der Waals surface area (Å²) < 4.78 is 10.9. The van der Waals surface area contributed by atoms with E-state index in [9.17, 15) is 0 Å². The summed E-state index contributed by atoms with van der Waals surface area (Å²) in [7, 11) is 0. The molecule has 6 aromatic carbocycles. The lowest BCUT2D eigenvalue weighted by Gasteiger charge is -2.14. The first-order chi connectivity index (χ1) is 20.3. The SMILES string of the molecule is [C-]#[N+]c1ccc2oc3ccc(-n4c5ccccc5c5cccc(-n6c7ccccc7c7ccccc76)c54)cc3c2c1. The molecule has 0 aliphatic carbocycles. The van der Waals surface area contributed by atoms with Crippen molar-refractivity contribution in [2.24, 2.45) is 0 Å². The predicted molar refractivity (Wildman–Crippen MR) is 169 cm³/mol. The van der Waals surface area contributed by atoms with Crippen LogP contribution in [0.15, 0.2) is 132 Å². The zero-order valence-corrected chi connectivity index (χ0v) is 21.9. The summed E-state index contributed by atoms with van der Waals surface area (Å²) in [4.78, 5) is 3.65. The van der Waals surface area contributed by atoms with Crippen LogP contribution in [-0.4, -0.2) is 9.13 Å². The van der Waals surface area contributed by atoms with Gasteiger partial charge in [0.15, 0.2) is 5.69 Å². The van der Waals surface area contributed by atoms with Crippen LogP contribution in [0, 0.1) is 6.57 Å². The van der Waals surface area contributed by atoms with E-state index >= 15 is 0 Å². The Morgan fingerprint density at radius 3 is 1.73 bits per heavy atom. The Kier molecular flexibility index (Phi) is 4.37. The number of fused-ring (bicyclic) bond motifs is 9. The van der Waals surface area contributed by atoms with Crippen molar-refractivity contribution < 1.29 is 4.42 Å². The zero-order valence-electron chi connectivity index (χ0n) is 21.9. The summed E-state index contributed by atoms with van der Waals surface area (Å²) in [6.07, 6.45) is 0. The van der Waals surface area contributed by atoms with E-state index in [1.54, 1.807) is 0 Å². The van der Waals surface area contributed by atoms with E-state index in [4.69, 9.17) is 11.0 Å². The number of hydrogen-bond acceptors (Lipinski definition) is 1. The van der Waals surface area contributed by atoms with Crippen LogP contribution in [0.3, 0.4) is 0 Å². The number of aromatic nitrogens is 2. The van der Waals surface area contributed by atoms with E-state index in [1.165, 1.54) is 32.6 Å². The summed E-state index contributed by atoms with van der Waals surface area (Å²) in [6, 6.07) is 44.5. The second-order valence-corrected chi connectivity index (χ2v) is 10.5. The summed E-state index contributed by atoms with van der Waals surface area (Å²) in [5, 5.41) is 6.85. The first-order valence-electron chi connectivity index (χ1n) is 13.6. The fourth-order valence-corrected chi connectivity index (χ4v) is 6.59. The van der Waals surface area contributed by atoms with Crippen molar-refractivity contribution in [3.63, 3.8) is 0 Å². The highest BCUT2D eigenvalue weighted by atomic mass is 16.3. The highest BCUT2D eigenvalue weighted by Crippen LogP contribution is 2.40. The molecule has 9 aromatic rings. The molecule has 41 heavy (non-hydrogen) atoms. The minimum absolute atomic E-state index is 0.608. The van der Waals surface area contributed by atoms with Gasteiger partial charge in [-0.15, -0.1) is 0 Å². The molecule has 0 bridgehead atoms. The molecule has 0 aliphatic rings. The van der Waals surface area contributed by atoms with Gasteiger partial charge in [0.1, 0.15) is 11.2 Å². The van der Waals surface area contributed by atoms with E-state index in [0.717, 1.165) is 44.3 Å². The molecule has 0 amide bonds. The smallest absolute Gasteiger partial charge is 0.188 e. The molecule has 0 fully saturated rings. The fourth-order valence-electron chi connectivity index (χ4n) is 6.59. The number of furan rings is 1. The third kappa shape index (κ3) is 2.98. The van der Waals surface area contributed by atoms with Crippen molar-refractivity contribution in [3.05, 3.63) is 139 Å². The van der Waals surface area contributed by atoms with Gasteiger partial charge < -0.3 is 13.6 Å². The standard InChI is InChI=1S/C37H21N3O/c1-38-23-17-19-35-29(21-23)30-22-24(18-20-36(30)41-35)39-31-13-5-4-11-27(31)28-12-8-16-34(37(28)39)40-32-14-6-2-9-25(32)26-10-3-7-15-33(26)40/h2-22H. The van der Waals surface area contributed by atoms with E-state index < -0.39 is 0 Å². The highest BCUT2D eigenvalue weighted by Gasteiger charge is 2.20. The minimum atomic E-state index is 0.608. The number of para-hydroxylation sites is 4. The highest BCUT2D eigenvalue weighted by molar-refractivity contribution is 6.15. The van der Waals surface area contributed by atoms with Gasteiger partial charge in [-0.3, -0.25) is 0 Å². The van der Waals surface area contributed by atoms with Gasteiger partial charge in [-0.2, -0.15) is 0 Å². The molecule has 0 atom stereocenters. The summed E-state index contributed by atoms with van der Waals surface area (Å²) in [5.74, 6) is 0. The Balaban J connectivity index is 1.44. The monoisotopic (exact) mass is 523 g/mol. The van der Waals surface area contributed by atoms with Crippen molar-refractivity contribution in [1.29, 1.82) is 0 Å². The molecule has 0 saturated carbocycles. The maximum atomic E-state index is 7.51. The molecule has 190 valence electrons. The lowest BCUT2D eigenvalue weighted by atomic mass is 10.1. The van der Waals surface area contributed by atoms with Crippen LogP contribution in [-0.2, 0) is 0 Å². The molecule has 3 heterocycles. The zero-order chi connectivity index (χ0) is 27.1. The number of nitrogens with zero attached hydrogens (tertiary/aromatic N) is 3. The van der Waals surface area contributed by atoms with Gasteiger partial charge in [0, 0.05) is 38.0 Å². The van der Waals surface area contributed by atoms with Crippen molar-refractivity contribution in [2.75, 3.05) is 0 Å². The van der Waals surface area contributed by atoms with Crippen LogP contribution in [0.1, 0.15) is 0 Å². The van der Waals surface area contributed by atoms with Crippen molar-refractivity contribution in [2.45, 2.75) is 0 Å². The molecule has 0 radical (unpaired) electrons. The fraction of sp³-hybridized carbons (Fsp3) is 0. The average Bonchev–Trinajstić information content (AvgIpc) is 3.68. The maximum Gasteiger partial charge on any atom is 0.188 e. The summed E-state index contributed by atoms with van der Waals surface area (Å²) in [5.41, 5.74) is 9.04. The van der Waals surface area contributed by atoms with E-state index in [2.05, 4.69) is 117 Å². The lowest BCUT2D eigenvalue weighted by molar-refractivity contribution is 0.669. The Morgan fingerprint density at radius 1 is 0.488 bits per heavy atom. The lowest BCUT2D eigenvalue weighted by Crippen LogP contribution is -2.00. The Hall–Kier alpha value is -5.79. The molecule has 4 nitrogen and oxygen atoms in total. The van der Waals surface area contributed by atoms with Gasteiger partial charge in [-0.25, -0.2) is 4.85 Å². The Bertz CT molecular complexity index is 2500. The summed E-state index contributed by atoms with van der Waals surface area (Å²) >= 11 is 0. The largest absolute Gasteiger partial charge is 0.456 e. The van der Waals surface area contributed by atoms with Crippen LogP contribution < -0.4 is 0 Å². The molecule has 0 unspecified atom stereocenters. The normalized spacial score (nSPS) is 11.9. The molecular formula is C37H21N3O. The second kappa shape index (κ2) is 8.11. The molecule has 4 heteroatoms. The van der Waals surface area contributed by atoms with Gasteiger partial charge in [0.05, 0.1) is 34.3 Å². The van der Waals surface area contributed by atoms with Gasteiger partial charge in [-0.05, 0) is 54.6 Å². The first-order valence-corrected chi connectivity index (χ1v) is 13.6. The molecule has 0 aliphatic heterocycles. The number of hydrogen-bond donors (Lipinski definition) is 0. The molecular weight excluding hydrogens is 502 g/mol. The molecule has 0 N–H and O–H groups in total. The van der Waals surface area contributed by atoms with Gasteiger partial charge in [0.25, 0.3) is 0 Å². The van der Waals surface area contributed by atoms with Crippen LogP contribution >= 0.6 is 0 Å². The molecule has 0 saturated heterocycles. The van der Waals surface area contributed by atoms with Crippen LogP contribution in [0.25, 0.3) is 81.8 Å². The van der Waals surface area contributed by atoms with Gasteiger partial charge in [-0.1, -0.05) is 72.8 Å². The third-order valence-electron chi connectivity index (χ3n) is 8.32. The summed E-state index contributed by atoms with van der Waals surface area (Å²) in [6.45, 7) is 7.51. The van der Waals surface area contributed by atoms with Crippen LogP contribution in [0.2, 0.25) is 0 Å². The Labute approximate surface area is 234 Å². The topological polar surface area (TPSA) is 27.4 Å². The van der Waals surface area contributed by atoms with Crippen molar-refractivity contribution in [1.82, 2.24) is 9.13 Å². The molecule has 0 spiro atoms. The van der Waals surface area contributed by atoms with E-state index in [-0.39, 0.29) is 0 Å². The van der Waals surface area contributed by atoms with Gasteiger partial charge in [0.2, 0.25) is 0 Å². The molecule has 3 aromatic heterocycles. The van der Waals surface area contributed by atoms with Crippen molar-refractivity contribution >= 4 is 71.2 Å². The second-order valence-electron chi connectivity index (χ2n) is 10.5. The van der Waals surface area contributed by atoms with E-state index in [1.807, 2.05) is 24.3 Å². The quantitative estimate of drug-likeness (QED) is 0.207. The molecule has 9 rings (SSSR count). The van der Waals surface area contributed by atoms with Crippen LogP contribution in [0.5, 0.6) is 0 Å². The van der Waals surface area contributed by atoms with Crippen LogP contribution in [0.4, 0.5) is 5.69 Å². The minimum Gasteiger partial charge on any atom is -0.456 e. The predicted octanol–water partition coefficient (Wildman–Crippen LogP) is 10.3. The maximum absolute atomic E-state index is 7.51. The van der Waals surface area contributed by atoms with Gasteiger partial charge >= 0.3 is 0 Å². The van der Waals surface area contributed by atoms with Crippen molar-refractivity contribution in [3.8, 4) is 11.4 Å². The number of benzene rings is 6. The number of rotatable bonds is 2. The van der Waals surface area contributed by atoms with E-state index in [0.29, 0.717) is 5.69 Å². The first kappa shape index (κ1) is 22.1. The third-order valence-corrected chi connectivity index (χ3v) is 8.32.